The molecule has 1 aromatic carbocycles. The van der Waals surface area contributed by atoms with Crippen LogP contribution < -0.4 is 0 Å². The molecule has 2 rings (SSSR count). The maximum absolute atomic E-state index is 12.5. The first-order chi connectivity index (χ1) is 10.1. The predicted molar refractivity (Wildman–Crippen MR) is 86.4 cm³/mol. The molecule has 2 amide bonds. The van der Waals surface area contributed by atoms with Crippen molar-refractivity contribution in [3.63, 3.8) is 0 Å². The number of thiol groups is 1. The lowest BCUT2D eigenvalue weighted by Gasteiger charge is -2.24. The maximum Gasteiger partial charge on any atom is 0.235 e. The highest BCUT2D eigenvalue weighted by molar-refractivity contribution is 7.81. The molecule has 4 nitrogen and oxygen atoms in total. The second-order valence-electron chi connectivity index (χ2n) is 5.39. The lowest BCUT2D eigenvalue weighted by Crippen LogP contribution is -2.40. The van der Waals surface area contributed by atoms with Crippen molar-refractivity contribution >= 4 is 24.4 Å². The summed E-state index contributed by atoms with van der Waals surface area (Å²) in [5.41, 5.74) is 1.12. The van der Waals surface area contributed by atoms with Crippen molar-refractivity contribution < 1.29 is 9.59 Å². The normalized spacial score (nSPS) is 17.2. The Balaban J connectivity index is 1.91. The zero-order valence-corrected chi connectivity index (χ0v) is 13.3. The van der Waals surface area contributed by atoms with E-state index in [1.54, 1.807) is 11.8 Å². The van der Waals surface area contributed by atoms with Crippen LogP contribution in [0.15, 0.2) is 30.3 Å². The summed E-state index contributed by atoms with van der Waals surface area (Å²) in [5, 5.41) is -0.323. The van der Waals surface area contributed by atoms with Crippen molar-refractivity contribution in [2.45, 2.75) is 25.0 Å². The van der Waals surface area contributed by atoms with E-state index in [0.29, 0.717) is 26.1 Å². The van der Waals surface area contributed by atoms with Crippen molar-refractivity contribution in [3.8, 4) is 0 Å². The third-order valence-electron chi connectivity index (χ3n) is 3.81. The van der Waals surface area contributed by atoms with Gasteiger partial charge in [0, 0.05) is 33.1 Å². The molecule has 1 aromatic rings. The van der Waals surface area contributed by atoms with Crippen molar-refractivity contribution in [2.24, 2.45) is 0 Å². The quantitative estimate of drug-likeness (QED) is 0.862. The Morgan fingerprint density at radius 1 is 1.10 bits per heavy atom. The van der Waals surface area contributed by atoms with Gasteiger partial charge in [-0.2, -0.15) is 12.6 Å². The summed E-state index contributed by atoms with van der Waals surface area (Å²) in [6, 6.07) is 9.92. The van der Waals surface area contributed by atoms with E-state index in [1.807, 2.05) is 35.2 Å². The first kappa shape index (κ1) is 15.9. The van der Waals surface area contributed by atoms with Crippen LogP contribution in [0.3, 0.4) is 0 Å². The summed E-state index contributed by atoms with van der Waals surface area (Å²) in [7, 11) is 0. The smallest absolute Gasteiger partial charge is 0.235 e. The van der Waals surface area contributed by atoms with Crippen LogP contribution in [-0.2, 0) is 16.0 Å². The number of nitrogens with zero attached hydrogens (tertiary/aromatic N) is 2. The minimum Gasteiger partial charge on any atom is -0.341 e. The van der Waals surface area contributed by atoms with Gasteiger partial charge in [-0.3, -0.25) is 9.59 Å². The van der Waals surface area contributed by atoms with Crippen LogP contribution in [0, 0.1) is 0 Å². The molecule has 1 fully saturated rings. The number of hydrogen-bond acceptors (Lipinski definition) is 3. The summed E-state index contributed by atoms with van der Waals surface area (Å²) in [5.74, 6) is 0.142. The number of hydrogen-bond donors (Lipinski definition) is 1. The molecule has 0 aliphatic carbocycles. The third-order valence-corrected chi connectivity index (χ3v) is 4.21. The topological polar surface area (TPSA) is 40.6 Å². The van der Waals surface area contributed by atoms with Crippen LogP contribution in [0.1, 0.15) is 18.9 Å². The fourth-order valence-corrected chi connectivity index (χ4v) is 2.96. The molecule has 1 aliphatic heterocycles. The number of benzene rings is 1. The van der Waals surface area contributed by atoms with E-state index < -0.39 is 0 Å². The van der Waals surface area contributed by atoms with Crippen molar-refractivity contribution in [3.05, 3.63) is 35.9 Å². The molecule has 1 aliphatic rings. The minimum absolute atomic E-state index is 0.0626. The van der Waals surface area contributed by atoms with Gasteiger partial charge in [0.05, 0.1) is 5.25 Å². The van der Waals surface area contributed by atoms with E-state index in [1.165, 1.54) is 0 Å². The monoisotopic (exact) mass is 306 g/mol. The van der Waals surface area contributed by atoms with E-state index in [4.69, 9.17) is 0 Å². The third kappa shape index (κ3) is 4.49. The summed E-state index contributed by atoms with van der Waals surface area (Å²) in [6.07, 6.45) is 1.47. The van der Waals surface area contributed by atoms with Gasteiger partial charge >= 0.3 is 0 Å². The van der Waals surface area contributed by atoms with Gasteiger partial charge in [-0.05, 0) is 18.4 Å². The molecule has 0 aromatic heterocycles. The second-order valence-corrected chi connectivity index (χ2v) is 6.01. The van der Waals surface area contributed by atoms with Gasteiger partial charge in [0.1, 0.15) is 0 Å². The molecule has 0 saturated carbocycles. The molecule has 5 heteroatoms. The van der Waals surface area contributed by atoms with Gasteiger partial charge in [0.15, 0.2) is 0 Å². The fraction of sp³-hybridized carbons (Fsp3) is 0.500. The van der Waals surface area contributed by atoms with E-state index in [2.05, 4.69) is 12.6 Å². The first-order valence-corrected chi connectivity index (χ1v) is 7.86. The highest BCUT2D eigenvalue weighted by Gasteiger charge is 2.24. The molecule has 1 unspecified atom stereocenters. The fourth-order valence-electron chi connectivity index (χ4n) is 2.59. The van der Waals surface area contributed by atoms with Gasteiger partial charge in [0.25, 0.3) is 0 Å². The molecule has 21 heavy (non-hydrogen) atoms. The Hall–Kier alpha value is -1.49. The molecule has 0 spiro atoms. The summed E-state index contributed by atoms with van der Waals surface area (Å²) in [4.78, 5) is 27.5. The molecular weight excluding hydrogens is 284 g/mol. The average molecular weight is 306 g/mol. The van der Waals surface area contributed by atoms with Gasteiger partial charge < -0.3 is 9.80 Å². The van der Waals surface area contributed by atoms with Crippen LogP contribution in [0.4, 0.5) is 0 Å². The number of rotatable bonds is 3. The average Bonchev–Trinajstić information content (AvgIpc) is 2.73. The molecule has 114 valence electrons. The van der Waals surface area contributed by atoms with Crippen LogP contribution in [0.5, 0.6) is 0 Å². The van der Waals surface area contributed by atoms with E-state index >= 15 is 0 Å². The largest absolute Gasteiger partial charge is 0.341 e. The Labute approximate surface area is 131 Å². The molecule has 1 heterocycles. The van der Waals surface area contributed by atoms with Gasteiger partial charge in [-0.1, -0.05) is 30.3 Å². The van der Waals surface area contributed by atoms with Crippen LogP contribution in [0.2, 0.25) is 0 Å². The Bertz CT molecular complexity index is 492. The summed E-state index contributed by atoms with van der Waals surface area (Å²) in [6.45, 7) is 4.23. The second kappa shape index (κ2) is 7.50. The zero-order chi connectivity index (χ0) is 15.2. The molecule has 0 bridgehead atoms. The van der Waals surface area contributed by atoms with Crippen LogP contribution in [-0.4, -0.2) is 53.0 Å². The Kier molecular flexibility index (Phi) is 5.67. The number of amides is 2. The maximum atomic E-state index is 12.5. The number of carbonyl (C=O) groups excluding carboxylic acids is 2. The molecular formula is C16H22N2O2S. The highest BCUT2D eigenvalue weighted by Crippen LogP contribution is 2.13. The van der Waals surface area contributed by atoms with E-state index in [9.17, 15) is 9.59 Å². The SMILES string of the molecule is CC(=O)N1CCCN(C(=O)C(S)Cc2ccccc2)CC1. The lowest BCUT2D eigenvalue weighted by atomic mass is 10.1. The predicted octanol–water partition coefficient (Wildman–Crippen LogP) is 1.61. The molecule has 0 radical (unpaired) electrons. The van der Waals surface area contributed by atoms with Crippen molar-refractivity contribution in [1.29, 1.82) is 0 Å². The minimum atomic E-state index is -0.323. The lowest BCUT2D eigenvalue weighted by molar-refractivity contribution is -0.132. The van der Waals surface area contributed by atoms with E-state index in [0.717, 1.165) is 18.5 Å². The van der Waals surface area contributed by atoms with Gasteiger partial charge in [-0.25, -0.2) is 0 Å². The van der Waals surface area contributed by atoms with Gasteiger partial charge in [-0.15, -0.1) is 0 Å². The molecule has 1 atom stereocenters. The molecule has 0 N–H and O–H groups in total. The molecule has 1 saturated heterocycles. The standard InChI is InChI=1S/C16H22N2O2S/c1-13(19)17-8-5-9-18(11-10-17)16(20)15(21)12-14-6-3-2-4-7-14/h2-4,6-7,15,21H,5,8-12H2,1H3. The zero-order valence-electron chi connectivity index (χ0n) is 12.4. The first-order valence-electron chi connectivity index (χ1n) is 7.34. The summed E-state index contributed by atoms with van der Waals surface area (Å²) < 4.78 is 0. The van der Waals surface area contributed by atoms with Crippen LogP contribution in [0.25, 0.3) is 0 Å². The highest BCUT2D eigenvalue weighted by atomic mass is 32.1. The Morgan fingerprint density at radius 2 is 1.71 bits per heavy atom. The van der Waals surface area contributed by atoms with Crippen molar-refractivity contribution in [2.75, 3.05) is 26.2 Å². The van der Waals surface area contributed by atoms with Crippen molar-refractivity contribution in [1.82, 2.24) is 9.80 Å². The van der Waals surface area contributed by atoms with Crippen LogP contribution >= 0.6 is 12.6 Å². The Morgan fingerprint density at radius 3 is 2.38 bits per heavy atom. The summed E-state index contributed by atoms with van der Waals surface area (Å²) >= 11 is 4.47. The number of carbonyl (C=O) groups is 2. The van der Waals surface area contributed by atoms with Gasteiger partial charge in [0.2, 0.25) is 11.8 Å². The van der Waals surface area contributed by atoms with E-state index in [-0.39, 0.29) is 17.1 Å².